The first-order valence-corrected chi connectivity index (χ1v) is 10.2. The number of amides is 3. The first kappa shape index (κ1) is 20.5. The largest absolute Gasteiger partial charge is 0.378 e. The third-order valence-corrected chi connectivity index (χ3v) is 6.34. The standard InChI is InChI=1S/C21H33N5O2/c1-5-21(9-10-25(16-21)20(28)22-2)26-13-11-24(12-14-26)19(27)17-7-6-8-18(15-17)23(3)4/h6-8,15H,5,9-14,16H2,1-4H3,(H,22,28). The molecule has 28 heavy (non-hydrogen) atoms. The van der Waals surface area contributed by atoms with Crippen molar-refractivity contribution in [1.29, 1.82) is 0 Å². The summed E-state index contributed by atoms with van der Waals surface area (Å²) in [6, 6.07) is 7.81. The number of piperazine rings is 1. The van der Waals surface area contributed by atoms with Gasteiger partial charge in [0.15, 0.2) is 0 Å². The Labute approximate surface area is 168 Å². The third kappa shape index (κ3) is 3.94. The summed E-state index contributed by atoms with van der Waals surface area (Å²) < 4.78 is 0. The number of benzene rings is 1. The van der Waals surface area contributed by atoms with Gasteiger partial charge < -0.3 is 20.0 Å². The maximum atomic E-state index is 13.0. The molecule has 2 fully saturated rings. The fraction of sp³-hybridized carbons (Fsp3) is 0.619. The van der Waals surface area contributed by atoms with E-state index in [4.69, 9.17) is 0 Å². The highest BCUT2D eigenvalue weighted by molar-refractivity contribution is 5.95. The average Bonchev–Trinajstić information content (AvgIpc) is 3.19. The SMILES string of the molecule is CCC1(N2CCN(C(=O)c3cccc(N(C)C)c3)CC2)CCN(C(=O)NC)C1. The zero-order chi connectivity index (χ0) is 20.3. The highest BCUT2D eigenvalue weighted by Crippen LogP contribution is 2.32. The molecule has 0 bridgehead atoms. The van der Waals surface area contributed by atoms with Gasteiger partial charge >= 0.3 is 6.03 Å². The molecule has 1 unspecified atom stereocenters. The van der Waals surface area contributed by atoms with Crippen molar-refractivity contribution in [3.8, 4) is 0 Å². The van der Waals surface area contributed by atoms with E-state index in [2.05, 4.69) is 17.1 Å². The molecule has 3 rings (SSSR count). The normalized spacial score (nSPS) is 23.0. The number of rotatable bonds is 4. The maximum Gasteiger partial charge on any atom is 0.317 e. The number of carbonyl (C=O) groups is 2. The van der Waals surface area contributed by atoms with Crippen molar-refractivity contribution in [2.24, 2.45) is 0 Å². The lowest BCUT2D eigenvalue weighted by molar-refractivity contribution is 0.0301. The zero-order valence-corrected chi connectivity index (χ0v) is 17.6. The van der Waals surface area contributed by atoms with Gasteiger partial charge in [0.1, 0.15) is 0 Å². The van der Waals surface area contributed by atoms with Crippen LogP contribution in [0.15, 0.2) is 24.3 Å². The number of hydrogen-bond acceptors (Lipinski definition) is 4. The van der Waals surface area contributed by atoms with Gasteiger partial charge in [-0.25, -0.2) is 4.79 Å². The lowest BCUT2D eigenvalue weighted by Gasteiger charge is -2.45. The summed E-state index contributed by atoms with van der Waals surface area (Å²) in [6.07, 6.45) is 2.01. The summed E-state index contributed by atoms with van der Waals surface area (Å²) in [5, 5.41) is 2.74. The van der Waals surface area contributed by atoms with Crippen molar-refractivity contribution >= 4 is 17.6 Å². The molecule has 2 aliphatic rings. The van der Waals surface area contributed by atoms with Gasteiger partial charge in [-0.1, -0.05) is 13.0 Å². The van der Waals surface area contributed by atoms with Crippen LogP contribution in [0.4, 0.5) is 10.5 Å². The minimum Gasteiger partial charge on any atom is -0.378 e. The summed E-state index contributed by atoms with van der Waals surface area (Å²) in [5.41, 5.74) is 1.82. The number of nitrogens with zero attached hydrogens (tertiary/aromatic N) is 4. The Balaban J connectivity index is 1.63. The Hall–Kier alpha value is -2.28. The quantitative estimate of drug-likeness (QED) is 0.854. The first-order valence-electron chi connectivity index (χ1n) is 10.2. The average molecular weight is 388 g/mol. The van der Waals surface area contributed by atoms with E-state index in [1.54, 1.807) is 7.05 Å². The number of hydrogen-bond donors (Lipinski definition) is 1. The van der Waals surface area contributed by atoms with Crippen LogP contribution in [0.2, 0.25) is 0 Å². The Morgan fingerprint density at radius 2 is 1.82 bits per heavy atom. The Bertz CT molecular complexity index is 715. The molecule has 1 aromatic carbocycles. The molecule has 0 saturated carbocycles. The van der Waals surface area contributed by atoms with Crippen LogP contribution in [0.25, 0.3) is 0 Å². The van der Waals surface area contributed by atoms with Crippen LogP contribution >= 0.6 is 0 Å². The van der Waals surface area contributed by atoms with Crippen LogP contribution < -0.4 is 10.2 Å². The second-order valence-corrected chi connectivity index (χ2v) is 8.03. The minimum absolute atomic E-state index is 0.00455. The van der Waals surface area contributed by atoms with E-state index in [1.165, 1.54) is 0 Å². The molecule has 154 valence electrons. The van der Waals surface area contributed by atoms with Crippen LogP contribution in [0.3, 0.4) is 0 Å². The molecular formula is C21H33N5O2. The van der Waals surface area contributed by atoms with E-state index >= 15 is 0 Å². The summed E-state index contributed by atoms with van der Waals surface area (Å²) >= 11 is 0. The fourth-order valence-electron chi connectivity index (χ4n) is 4.44. The van der Waals surface area contributed by atoms with E-state index in [0.29, 0.717) is 0 Å². The molecule has 7 nitrogen and oxygen atoms in total. The van der Waals surface area contributed by atoms with Crippen LogP contribution in [0.1, 0.15) is 30.1 Å². The highest BCUT2D eigenvalue weighted by Gasteiger charge is 2.44. The lowest BCUT2D eigenvalue weighted by Crippen LogP contribution is -2.59. The third-order valence-electron chi connectivity index (χ3n) is 6.34. The highest BCUT2D eigenvalue weighted by atomic mass is 16.2. The molecule has 1 atom stereocenters. The lowest BCUT2D eigenvalue weighted by atomic mass is 9.92. The Morgan fingerprint density at radius 3 is 2.43 bits per heavy atom. The zero-order valence-electron chi connectivity index (χ0n) is 17.6. The topological polar surface area (TPSA) is 59.1 Å². The molecular weight excluding hydrogens is 354 g/mol. The number of nitrogens with one attached hydrogen (secondary N) is 1. The molecule has 2 aliphatic heterocycles. The summed E-state index contributed by atoms with van der Waals surface area (Å²) in [6.45, 7) is 6.94. The van der Waals surface area contributed by atoms with Gasteiger partial charge in [0.05, 0.1) is 0 Å². The van der Waals surface area contributed by atoms with Gasteiger partial charge in [0.2, 0.25) is 0 Å². The number of urea groups is 1. The number of likely N-dealkylation sites (tertiary alicyclic amines) is 1. The smallest absolute Gasteiger partial charge is 0.317 e. The van der Waals surface area contributed by atoms with Crippen LogP contribution in [-0.4, -0.2) is 92.6 Å². The number of anilines is 1. The summed E-state index contributed by atoms with van der Waals surface area (Å²) in [5.74, 6) is 0.104. The van der Waals surface area contributed by atoms with Gasteiger partial charge in [-0.15, -0.1) is 0 Å². The van der Waals surface area contributed by atoms with E-state index in [9.17, 15) is 9.59 Å². The Kier molecular flexibility index (Phi) is 6.13. The predicted octanol–water partition coefficient (Wildman–Crippen LogP) is 1.70. The van der Waals surface area contributed by atoms with Crippen molar-refractivity contribution in [2.75, 3.05) is 65.3 Å². The molecule has 0 aliphatic carbocycles. The predicted molar refractivity (Wildman–Crippen MR) is 112 cm³/mol. The molecule has 2 saturated heterocycles. The minimum atomic E-state index is 0.00455. The van der Waals surface area contributed by atoms with Crippen molar-refractivity contribution in [3.63, 3.8) is 0 Å². The van der Waals surface area contributed by atoms with Gasteiger partial charge in [-0.05, 0) is 31.0 Å². The van der Waals surface area contributed by atoms with Gasteiger partial charge in [0.25, 0.3) is 5.91 Å². The molecule has 2 heterocycles. The van der Waals surface area contributed by atoms with E-state index < -0.39 is 0 Å². The Morgan fingerprint density at radius 1 is 1.11 bits per heavy atom. The molecule has 7 heteroatoms. The van der Waals surface area contributed by atoms with Gasteiger partial charge in [-0.2, -0.15) is 0 Å². The van der Waals surface area contributed by atoms with Crippen molar-refractivity contribution < 1.29 is 9.59 Å². The van der Waals surface area contributed by atoms with Gasteiger partial charge in [0, 0.05) is 77.2 Å². The summed E-state index contributed by atoms with van der Waals surface area (Å²) in [4.78, 5) is 33.4. The second kappa shape index (κ2) is 8.39. The maximum absolute atomic E-state index is 13.0. The fourth-order valence-corrected chi connectivity index (χ4v) is 4.44. The van der Waals surface area contributed by atoms with Crippen LogP contribution in [0.5, 0.6) is 0 Å². The van der Waals surface area contributed by atoms with Gasteiger partial charge in [-0.3, -0.25) is 9.69 Å². The molecule has 3 amide bonds. The van der Waals surface area contributed by atoms with Crippen molar-refractivity contribution in [2.45, 2.75) is 25.3 Å². The van der Waals surface area contributed by atoms with Crippen molar-refractivity contribution in [1.82, 2.24) is 20.0 Å². The molecule has 0 radical (unpaired) electrons. The molecule has 1 N–H and O–H groups in total. The monoisotopic (exact) mass is 387 g/mol. The van der Waals surface area contributed by atoms with Crippen molar-refractivity contribution in [3.05, 3.63) is 29.8 Å². The summed E-state index contributed by atoms with van der Waals surface area (Å²) in [7, 11) is 5.65. The second-order valence-electron chi connectivity index (χ2n) is 8.03. The molecule has 1 aromatic rings. The molecule has 0 spiro atoms. The number of carbonyl (C=O) groups excluding carboxylic acids is 2. The van der Waals surface area contributed by atoms with E-state index in [0.717, 1.165) is 63.4 Å². The van der Waals surface area contributed by atoms with Crippen LogP contribution in [-0.2, 0) is 0 Å². The van der Waals surface area contributed by atoms with E-state index in [-0.39, 0.29) is 17.5 Å². The first-order chi connectivity index (χ1) is 13.4. The molecule has 0 aromatic heterocycles. The van der Waals surface area contributed by atoms with E-state index in [1.807, 2.05) is 53.1 Å². The van der Waals surface area contributed by atoms with Crippen LogP contribution in [0, 0.1) is 0 Å².